The lowest BCUT2D eigenvalue weighted by atomic mass is 10.1. The molecule has 1 aromatic rings. The monoisotopic (exact) mass is 354 g/mol. The Morgan fingerprint density at radius 3 is 3.00 bits per heavy atom. The molecule has 1 aromatic heterocycles. The van der Waals surface area contributed by atoms with E-state index in [0.717, 1.165) is 0 Å². The van der Waals surface area contributed by atoms with Gasteiger partial charge in [0.1, 0.15) is 6.10 Å². The molecule has 3 N–H and O–H groups in total. The highest BCUT2D eigenvalue weighted by atomic mass is 127. The van der Waals surface area contributed by atoms with Gasteiger partial charge in [-0.2, -0.15) is 4.73 Å². The molecule has 0 saturated carbocycles. The van der Waals surface area contributed by atoms with E-state index in [-0.39, 0.29) is 18.7 Å². The van der Waals surface area contributed by atoms with Crippen LogP contribution in [-0.2, 0) is 4.74 Å². The van der Waals surface area contributed by atoms with E-state index in [4.69, 9.17) is 9.84 Å². The molecule has 94 valence electrons. The molecule has 0 aliphatic carbocycles. The van der Waals surface area contributed by atoms with E-state index >= 15 is 0 Å². The number of nitrogens with zero attached hydrogens (tertiary/aromatic N) is 1. The van der Waals surface area contributed by atoms with Crippen LogP contribution in [-0.4, -0.2) is 34.0 Å². The number of nitrogens with one attached hydrogen (secondary N) is 1. The van der Waals surface area contributed by atoms with Gasteiger partial charge >= 0.3 is 5.56 Å². The van der Waals surface area contributed by atoms with Gasteiger partial charge in [0.05, 0.1) is 18.9 Å². The Morgan fingerprint density at radius 1 is 1.71 bits per heavy atom. The molecule has 8 heteroatoms. The summed E-state index contributed by atoms with van der Waals surface area (Å²) in [6, 6.07) is 0. The van der Waals surface area contributed by atoms with Crippen molar-refractivity contribution in [1.82, 2.24) is 4.98 Å². The van der Waals surface area contributed by atoms with E-state index in [2.05, 4.69) is 4.98 Å². The lowest BCUT2D eigenvalue weighted by Crippen LogP contribution is -2.44. The van der Waals surface area contributed by atoms with Crippen molar-refractivity contribution >= 4 is 22.6 Å². The smallest absolute Gasteiger partial charge is 0.319 e. The van der Waals surface area contributed by atoms with Gasteiger partial charge in [-0.25, -0.2) is 0 Å². The molecule has 17 heavy (non-hydrogen) atoms. The number of ether oxygens (including phenoxy) is 1. The summed E-state index contributed by atoms with van der Waals surface area (Å²) in [6.45, 7) is -0.349. The lowest BCUT2D eigenvalue weighted by Gasteiger charge is -2.11. The van der Waals surface area contributed by atoms with Crippen LogP contribution in [0.2, 0.25) is 0 Å². The van der Waals surface area contributed by atoms with Crippen molar-refractivity contribution in [3.63, 3.8) is 0 Å². The second-order valence-corrected chi connectivity index (χ2v) is 4.87. The third-order valence-electron chi connectivity index (χ3n) is 2.68. The predicted octanol–water partition coefficient (Wildman–Crippen LogP) is -1.20. The SMILES string of the molecule is O=c1[nH]cc(I)[n+]([O-])c1[C@H]1C[C@H](O)[C@@H](CO)O1. The summed E-state index contributed by atoms with van der Waals surface area (Å²) >= 11 is 1.79. The van der Waals surface area contributed by atoms with E-state index in [1.807, 2.05) is 0 Å². The molecule has 1 aliphatic rings. The fourth-order valence-corrected chi connectivity index (χ4v) is 2.23. The average molecular weight is 354 g/mol. The summed E-state index contributed by atoms with van der Waals surface area (Å²) in [6.07, 6.45) is -0.997. The van der Waals surface area contributed by atoms with Crippen LogP contribution in [0.1, 0.15) is 18.2 Å². The van der Waals surface area contributed by atoms with Gasteiger partial charge in [-0.3, -0.25) is 4.79 Å². The molecule has 0 amide bonds. The first-order chi connectivity index (χ1) is 8.04. The van der Waals surface area contributed by atoms with Gasteiger partial charge < -0.3 is 25.1 Å². The fourth-order valence-electron chi connectivity index (χ4n) is 1.81. The molecular weight excluding hydrogens is 343 g/mol. The molecule has 1 saturated heterocycles. The van der Waals surface area contributed by atoms with Crippen molar-refractivity contribution in [2.24, 2.45) is 0 Å². The topological polar surface area (TPSA) is 109 Å². The van der Waals surface area contributed by atoms with Crippen LogP contribution in [0.25, 0.3) is 0 Å². The average Bonchev–Trinajstić information content (AvgIpc) is 2.65. The van der Waals surface area contributed by atoms with Gasteiger partial charge in [0.15, 0.2) is 6.10 Å². The maximum atomic E-state index is 11.7. The second-order valence-electron chi connectivity index (χ2n) is 3.77. The second kappa shape index (κ2) is 4.88. The highest BCUT2D eigenvalue weighted by molar-refractivity contribution is 14.1. The van der Waals surface area contributed by atoms with E-state index in [9.17, 15) is 15.1 Å². The van der Waals surface area contributed by atoms with Crippen molar-refractivity contribution in [1.29, 1.82) is 0 Å². The van der Waals surface area contributed by atoms with Gasteiger partial charge in [0, 0.05) is 29.0 Å². The first kappa shape index (κ1) is 12.7. The standard InChI is InChI=1S/C9H11IN2O5/c10-7-2-11-9(15)8(12(7)16)5-1-4(14)6(3-13)17-5/h2,4-6,13-14H,1,3H2,(H,11,15)/t4-,5+,6+/m0/s1. The number of H-pyrrole nitrogens is 1. The van der Waals surface area contributed by atoms with Crippen LogP contribution in [0.4, 0.5) is 0 Å². The van der Waals surface area contributed by atoms with E-state index in [1.54, 1.807) is 22.6 Å². The highest BCUT2D eigenvalue weighted by Gasteiger charge is 2.40. The van der Waals surface area contributed by atoms with Crippen molar-refractivity contribution in [3.8, 4) is 0 Å². The summed E-state index contributed by atoms with van der Waals surface area (Å²) in [5, 5.41) is 30.2. The summed E-state index contributed by atoms with van der Waals surface area (Å²) in [7, 11) is 0. The highest BCUT2D eigenvalue weighted by Crippen LogP contribution is 2.29. The number of aliphatic hydroxyl groups excluding tert-OH is 2. The molecule has 7 nitrogen and oxygen atoms in total. The Morgan fingerprint density at radius 2 is 2.41 bits per heavy atom. The zero-order valence-electron chi connectivity index (χ0n) is 8.67. The molecule has 0 radical (unpaired) electrons. The summed E-state index contributed by atoms with van der Waals surface area (Å²) in [4.78, 5) is 14.0. The maximum Gasteiger partial charge on any atom is 0.319 e. The van der Waals surface area contributed by atoms with Crippen LogP contribution in [0, 0.1) is 8.91 Å². The van der Waals surface area contributed by atoms with Crippen molar-refractivity contribution in [2.75, 3.05) is 6.61 Å². The minimum atomic E-state index is -0.873. The van der Waals surface area contributed by atoms with Crippen LogP contribution < -0.4 is 10.3 Å². The molecule has 1 fully saturated rings. The third-order valence-corrected chi connectivity index (χ3v) is 3.43. The molecule has 0 aromatic carbocycles. The quantitative estimate of drug-likeness (QED) is 0.351. The number of hydrogen-bond donors (Lipinski definition) is 3. The van der Waals surface area contributed by atoms with Gasteiger partial charge in [-0.1, -0.05) is 0 Å². The van der Waals surface area contributed by atoms with E-state index in [0.29, 0.717) is 8.43 Å². The Kier molecular flexibility index (Phi) is 3.66. The minimum Gasteiger partial charge on any atom is -0.618 e. The van der Waals surface area contributed by atoms with Gasteiger partial charge in [-0.15, -0.1) is 0 Å². The number of aliphatic hydroxyl groups is 2. The molecular formula is C9H11IN2O5. The Hall–Kier alpha value is -0.710. The maximum absolute atomic E-state index is 11.7. The third kappa shape index (κ3) is 2.30. The number of aromatic amines is 1. The van der Waals surface area contributed by atoms with Gasteiger partial charge in [0.25, 0.3) is 9.39 Å². The Bertz CT molecular complexity index is 477. The van der Waals surface area contributed by atoms with Crippen molar-refractivity contribution in [3.05, 3.63) is 31.2 Å². The Balaban J connectivity index is 2.36. The number of hydrogen-bond acceptors (Lipinski definition) is 5. The molecule has 0 bridgehead atoms. The summed E-state index contributed by atoms with van der Waals surface area (Å²) in [5.74, 6) is 0. The summed E-state index contributed by atoms with van der Waals surface area (Å²) < 4.78 is 6.07. The molecule has 0 unspecified atom stereocenters. The predicted molar refractivity (Wildman–Crippen MR) is 64.1 cm³/mol. The molecule has 3 atom stereocenters. The van der Waals surface area contributed by atoms with E-state index in [1.165, 1.54) is 6.20 Å². The Labute approximate surface area is 110 Å². The number of aromatic nitrogens is 2. The number of rotatable bonds is 2. The molecule has 0 spiro atoms. The number of halogens is 1. The van der Waals surface area contributed by atoms with Gasteiger partial charge in [0.2, 0.25) is 0 Å². The molecule has 2 rings (SSSR count). The van der Waals surface area contributed by atoms with E-state index < -0.39 is 23.9 Å². The first-order valence-corrected chi connectivity index (χ1v) is 6.07. The van der Waals surface area contributed by atoms with Crippen LogP contribution in [0.5, 0.6) is 0 Å². The largest absolute Gasteiger partial charge is 0.618 e. The zero-order valence-corrected chi connectivity index (χ0v) is 10.8. The van der Waals surface area contributed by atoms with Crippen molar-refractivity contribution in [2.45, 2.75) is 24.7 Å². The molecule has 2 heterocycles. The van der Waals surface area contributed by atoms with Gasteiger partial charge in [-0.05, 0) is 0 Å². The van der Waals surface area contributed by atoms with Crippen LogP contribution in [0.3, 0.4) is 0 Å². The zero-order chi connectivity index (χ0) is 12.6. The van der Waals surface area contributed by atoms with Crippen molar-refractivity contribution < 1.29 is 19.7 Å². The first-order valence-electron chi connectivity index (χ1n) is 4.99. The molecule has 1 aliphatic heterocycles. The normalized spacial score (nSPS) is 28.5. The van der Waals surface area contributed by atoms with Crippen LogP contribution >= 0.6 is 22.6 Å². The van der Waals surface area contributed by atoms with Crippen LogP contribution in [0.15, 0.2) is 11.0 Å². The lowest BCUT2D eigenvalue weighted by molar-refractivity contribution is -0.633. The minimum absolute atomic E-state index is 0.0908. The summed E-state index contributed by atoms with van der Waals surface area (Å²) in [5.41, 5.74) is -0.636. The fraction of sp³-hybridized carbons (Fsp3) is 0.556.